The van der Waals surface area contributed by atoms with Gasteiger partial charge in [0.05, 0.1) is 18.6 Å². The Hall–Kier alpha value is -2.42. The molecule has 1 atom stereocenters. The number of methoxy groups -OCH3 is 1. The number of benzene rings is 1. The number of nitrogens with one attached hydrogen (secondary N) is 1. The first-order valence-electron chi connectivity index (χ1n) is 10.8. The lowest BCUT2D eigenvalue weighted by molar-refractivity contribution is -0.144. The van der Waals surface area contributed by atoms with E-state index in [0.717, 1.165) is 19.3 Å². The summed E-state index contributed by atoms with van der Waals surface area (Å²) >= 11 is 0. The van der Waals surface area contributed by atoms with Gasteiger partial charge in [-0.25, -0.2) is 4.79 Å². The number of rotatable bonds is 5. The molecule has 168 valence electrons. The number of nitrogens with zero attached hydrogens (tertiary/aromatic N) is 2. The number of ether oxygens (including phenoxy) is 1. The Kier molecular flexibility index (Phi) is 5.81. The van der Waals surface area contributed by atoms with Gasteiger partial charge in [0.15, 0.2) is 0 Å². The lowest BCUT2D eigenvalue weighted by Gasteiger charge is -2.59. The summed E-state index contributed by atoms with van der Waals surface area (Å²) in [5.74, 6) is 1.16. The summed E-state index contributed by atoms with van der Waals surface area (Å²) in [6.07, 6.45) is 6.26. The van der Waals surface area contributed by atoms with Crippen molar-refractivity contribution in [2.75, 3.05) is 14.2 Å². The minimum atomic E-state index is -2.65. The van der Waals surface area contributed by atoms with Crippen LogP contribution in [-0.2, 0) is 15.3 Å². The average Bonchev–Trinajstić information content (AvgIpc) is 2.71. The highest BCUT2D eigenvalue weighted by atomic mass is 32.2. The predicted molar refractivity (Wildman–Crippen MR) is 115 cm³/mol. The minimum Gasteiger partial charge on any atom is -0.494 e. The van der Waals surface area contributed by atoms with Gasteiger partial charge in [0, 0.05) is 7.05 Å². The number of carbonyl (C=O) groups excluding carboxylic acids is 2. The monoisotopic (exact) mass is 447 g/mol. The van der Waals surface area contributed by atoms with Crippen LogP contribution in [0.15, 0.2) is 22.6 Å². The Morgan fingerprint density at radius 2 is 1.74 bits per heavy atom. The number of amides is 3. The van der Waals surface area contributed by atoms with Crippen LogP contribution in [0.1, 0.15) is 56.9 Å². The van der Waals surface area contributed by atoms with E-state index in [2.05, 4.69) is 9.68 Å². The summed E-state index contributed by atoms with van der Waals surface area (Å²) in [5, 5.41) is 2.68. The molecule has 4 aliphatic rings. The van der Waals surface area contributed by atoms with Gasteiger partial charge in [-0.3, -0.25) is 9.69 Å². The quantitative estimate of drug-likeness (QED) is 0.742. The third kappa shape index (κ3) is 3.95. The van der Waals surface area contributed by atoms with Crippen LogP contribution in [0.25, 0.3) is 0 Å². The van der Waals surface area contributed by atoms with Gasteiger partial charge in [-0.05, 0) is 80.9 Å². The summed E-state index contributed by atoms with van der Waals surface area (Å²) in [5.41, 5.74) is 0.305. The molecule has 1 unspecified atom stereocenters. The Bertz CT molecular complexity index is 992. The van der Waals surface area contributed by atoms with E-state index in [4.69, 9.17) is 4.74 Å². The van der Waals surface area contributed by atoms with Crippen LogP contribution in [0.3, 0.4) is 0 Å². The second-order valence-corrected chi connectivity index (χ2v) is 9.95. The third-order valence-corrected chi connectivity index (χ3v) is 7.71. The Morgan fingerprint density at radius 1 is 1.16 bits per heavy atom. The molecule has 0 heterocycles. The summed E-state index contributed by atoms with van der Waals surface area (Å²) in [6.45, 7) is 1.75. The Balaban J connectivity index is 1.69. The smallest absolute Gasteiger partial charge is 0.324 e. The highest BCUT2D eigenvalue weighted by Gasteiger charge is 2.56. The van der Waals surface area contributed by atoms with E-state index in [9.17, 15) is 18.0 Å². The lowest BCUT2D eigenvalue weighted by Crippen LogP contribution is -2.65. The number of urea groups is 1. The Morgan fingerprint density at radius 3 is 2.23 bits per heavy atom. The number of carbonyl (C=O) groups is 2. The van der Waals surface area contributed by atoms with E-state index >= 15 is 0 Å². The largest absolute Gasteiger partial charge is 0.494 e. The fourth-order valence-electron chi connectivity index (χ4n) is 6.46. The Labute approximate surface area is 184 Å². The summed E-state index contributed by atoms with van der Waals surface area (Å²) in [6, 6.07) is 4.49. The van der Waals surface area contributed by atoms with E-state index in [0.29, 0.717) is 29.1 Å². The van der Waals surface area contributed by atoms with Crippen molar-refractivity contribution >= 4 is 28.1 Å². The minimum absolute atomic E-state index is 0.134. The molecule has 0 saturated heterocycles. The van der Waals surface area contributed by atoms with E-state index < -0.39 is 22.0 Å². The zero-order valence-electron chi connectivity index (χ0n) is 18.1. The van der Waals surface area contributed by atoms with E-state index in [1.807, 2.05) is 0 Å². The maximum absolute atomic E-state index is 13.7. The normalized spacial score (nSPS) is 29.2. The number of hydrogen-bond acceptors (Lipinski definition) is 6. The van der Waals surface area contributed by atoms with Crippen LogP contribution in [0.4, 0.5) is 10.5 Å². The van der Waals surface area contributed by atoms with Gasteiger partial charge in [-0.2, -0.15) is 8.42 Å². The molecule has 1 N–H and O–H groups in total. The molecule has 5 rings (SSSR count). The van der Waals surface area contributed by atoms with Crippen molar-refractivity contribution in [2.45, 2.75) is 56.9 Å². The van der Waals surface area contributed by atoms with Crippen molar-refractivity contribution < 1.29 is 22.7 Å². The molecule has 8 nitrogen and oxygen atoms in total. The predicted octanol–water partition coefficient (Wildman–Crippen LogP) is 3.63. The third-order valence-electron chi connectivity index (χ3n) is 7.36. The first kappa shape index (κ1) is 21.8. The molecule has 9 heteroatoms. The molecule has 0 radical (unpaired) electrons. The van der Waals surface area contributed by atoms with E-state index in [-0.39, 0.29) is 17.6 Å². The fourth-order valence-corrected chi connectivity index (χ4v) is 6.77. The maximum Gasteiger partial charge on any atom is 0.324 e. The summed E-state index contributed by atoms with van der Waals surface area (Å²) < 4.78 is 30.9. The number of hydrogen-bond donors (Lipinski definition) is 1. The molecule has 1 aromatic carbocycles. The number of imide groups is 1. The molecular weight excluding hydrogens is 418 g/mol. The molecule has 4 bridgehead atoms. The van der Waals surface area contributed by atoms with Crippen molar-refractivity contribution in [3.8, 4) is 5.75 Å². The zero-order valence-corrected chi connectivity index (χ0v) is 18.9. The summed E-state index contributed by atoms with van der Waals surface area (Å²) in [7, 11) is 0.334. The SMILES string of the molecule is CNC(=O)N(C(=O)C(C)c1ccc(OC)c(N=S(=O)=O)c1)C12CC3CC(CC(C3)C1)C2. The second-order valence-electron chi connectivity index (χ2n) is 9.33. The molecule has 4 fully saturated rings. The summed E-state index contributed by atoms with van der Waals surface area (Å²) in [4.78, 5) is 28.2. The average molecular weight is 448 g/mol. The molecule has 4 aliphatic carbocycles. The van der Waals surface area contributed by atoms with Gasteiger partial charge in [0.25, 0.3) is 0 Å². The topological polar surface area (TPSA) is 105 Å². The zero-order chi connectivity index (χ0) is 22.3. The van der Waals surface area contributed by atoms with Crippen molar-refractivity contribution in [1.82, 2.24) is 10.2 Å². The first-order valence-corrected chi connectivity index (χ1v) is 11.8. The molecule has 3 amide bonds. The van der Waals surface area contributed by atoms with Crippen LogP contribution < -0.4 is 10.1 Å². The molecule has 0 aromatic heterocycles. The van der Waals surface area contributed by atoms with E-state index in [1.54, 1.807) is 32.2 Å². The molecule has 31 heavy (non-hydrogen) atoms. The highest BCUT2D eigenvalue weighted by molar-refractivity contribution is 7.61. The van der Waals surface area contributed by atoms with Crippen molar-refractivity contribution in [3.05, 3.63) is 23.8 Å². The standard InChI is InChI=1S/C22H29N3O5S/c1-13(17-4-5-19(30-3)18(9-17)24-31(28)29)20(26)25(21(27)23-2)22-10-14-6-15(11-22)8-16(7-14)12-22/h4-5,9,13-16H,6-8,10-12H2,1-3H3,(H,23,27). The van der Waals surface area contributed by atoms with Gasteiger partial charge in [0.1, 0.15) is 11.4 Å². The fraction of sp³-hybridized carbons (Fsp3) is 0.636. The molecule has 0 spiro atoms. The second kappa shape index (κ2) is 8.26. The molecule has 0 aliphatic heterocycles. The van der Waals surface area contributed by atoms with Gasteiger partial charge < -0.3 is 10.1 Å². The van der Waals surface area contributed by atoms with Crippen LogP contribution >= 0.6 is 0 Å². The molecular formula is C22H29N3O5S. The van der Waals surface area contributed by atoms with Crippen LogP contribution in [0, 0.1) is 17.8 Å². The van der Waals surface area contributed by atoms with Crippen LogP contribution in [-0.4, -0.2) is 45.0 Å². The van der Waals surface area contributed by atoms with Crippen molar-refractivity contribution in [3.63, 3.8) is 0 Å². The molecule has 1 aromatic rings. The van der Waals surface area contributed by atoms with Gasteiger partial charge in [-0.15, -0.1) is 4.36 Å². The van der Waals surface area contributed by atoms with Gasteiger partial charge >= 0.3 is 16.5 Å². The maximum atomic E-state index is 13.7. The van der Waals surface area contributed by atoms with Crippen molar-refractivity contribution in [2.24, 2.45) is 22.1 Å². The van der Waals surface area contributed by atoms with Gasteiger partial charge in [-0.1, -0.05) is 6.07 Å². The van der Waals surface area contributed by atoms with Gasteiger partial charge in [0.2, 0.25) is 5.91 Å². The van der Waals surface area contributed by atoms with Crippen molar-refractivity contribution in [1.29, 1.82) is 0 Å². The van der Waals surface area contributed by atoms with E-state index in [1.165, 1.54) is 31.3 Å². The molecule has 4 saturated carbocycles. The van der Waals surface area contributed by atoms with Crippen LogP contribution in [0.2, 0.25) is 0 Å². The highest BCUT2D eigenvalue weighted by Crippen LogP contribution is 2.58. The first-order chi connectivity index (χ1) is 14.8. The van der Waals surface area contributed by atoms with Crippen LogP contribution in [0.5, 0.6) is 5.75 Å². The lowest BCUT2D eigenvalue weighted by atomic mass is 9.52.